The lowest BCUT2D eigenvalue weighted by molar-refractivity contribution is -0.140. The number of ether oxygens (including phenoxy) is 1. The molecule has 7 nitrogen and oxygen atoms in total. The van der Waals surface area contributed by atoms with E-state index in [-0.39, 0.29) is 18.4 Å². The molecule has 3 heterocycles. The van der Waals surface area contributed by atoms with Crippen molar-refractivity contribution >= 4 is 39.4 Å². The maximum absolute atomic E-state index is 11.9. The van der Waals surface area contributed by atoms with Gasteiger partial charge in [0.25, 0.3) is 0 Å². The number of esters is 1. The van der Waals surface area contributed by atoms with Gasteiger partial charge in [0.2, 0.25) is 0 Å². The van der Waals surface area contributed by atoms with Gasteiger partial charge < -0.3 is 4.74 Å². The Balaban J connectivity index is 1.66. The van der Waals surface area contributed by atoms with Crippen LogP contribution in [0.2, 0.25) is 0 Å². The topological polar surface area (TPSA) is 82.3 Å². The van der Waals surface area contributed by atoms with E-state index in [0.717, 1.165) is 49.8 Å². The molecule has 1 aliphatic carbocycles. The van der Waals surface area contributed by atoms with Crippen LogP contribution in [0.4, 0.5) is 0 Å². The Morgan fingerprint density at radius 3 is 2.88 bits per heavy atom. The summed E-state index contributed by atoms with van der Waals surface area (Å²) in [6.07, 6.45) is 5.06. The van der Waals surface area contributed by atoms with Crippen LogP contribution < -0.4 is 0 Å². The molecule has 5 rings (SSSR count). The Hall–Kier alpha value is -2.52. The highest BCUT2D eigenvalue weighted by Crippen LogP contribution is 2.39. The lowest BCUT2D eigenvalue weighted by Gasteiger charge is -2.14. The summed E-state index contributed by atoms with van der Waals surface area (Å²) < 4.78 is 7.93. The van der Waals surface area contributed by atoms with Gasteiger partial charge in [0.1, 0.15) is 6.04 Å². The highest BCUT2D eigenvalue weighted by molar-refractivity contribution is 9.10. The van der Waals surface area contributed by atoms with Gasteiger partial charge in [-0.2, -0.15) is 0 Å². The fraction of sp³-hybridized carbons (Fsp3) is 0.348. The van der Waals surface area contributed by atoms with E-state index in [2.05, 4.69) is 47.8 Å². The number of benzene rings is 1. The Kier molecular flexibility index (Phi) is 6.10. The van der Waals surface area contributed by atoms with E-state index in [4.69, 9.17) is 9.73 Å². The van der Waals surface area contributed by atoms with Crippen LogP contribution in [0.1, 0.15) is 48.8 Å². The van der Waals surface area contributed by atoms with Crippen molar-refractivity contribution in [2.75, 3.05) is 12.9 Å². The number of methoxy groups -OCH3 is 1. The number of carbonyl (C=O) groups excluding carboxylic acids is 1. The van der Waals surface area contributed by atoms with Gasteiger partial charge in [0.05, 0.1) is 24.2 Å². The van der Waals surface area contributed by atoms with Crippen LogP contribution in [0.5, 0.6) is 0 Å². The molecule has 2 aromatic heterocycles. The molecule has 2 aliphatic rings. The average Bonchev–Trinajstić information content (AvgIpc) is 3.58. The van der Waals surface area contributed by atoms with E-state index in [0.29, 0.717) is 6.42 Å². The van der Waals surface area contributed by atoms with E-state index in [9.17, 15) is 4.79 Å². The normalized spacial score (nSPS) is 17.2. The Morgan fingerprint density at radius 2 is 2.12 bits per heavy atom. The molecule has 0 saturated heterocycles. The number of thioether (sulfide) groups is 1. The third kappa shape index (κ3) is 4.36. The smallest absolute Gasteiger partial charge is 0.305 e. The Bertz CT molecular complexity index is 1180. The summed E-state index contributed by atoms with van der Waals surface area (Å²) in [5.74, 6) is 2.27. The summed E-state index contributed by atoms with van der Waals surface area (Å²) in [5, 5.41) is 9.93. The molecule has 9 heteroatoms. The first-order chi connectivity index (χ1) is 15.6. The number of hydrogen-bond donors (Lipinski definition) is 0. The molecule has 0 radical (unpaired) electrons. The summed E-state index contributed by atoms with van der Waals surface area (Å²) in [7, 11) is 1.40. The molecule has 1 aromatic carbocycles. The minimum Gasteiger partial charge on any atom is -0.469 e. The monoisotopic (exact) mass is 511 g/mol. The van der Waals surface area contributed by atoms with Crippen molar-refractivity contribution in [3.8, 4) is 5.69 Å². The second-order valence-corrected chi connectivity index (χ2v) is 9.82. The van der Waals surface area contributed by atoms with Gasteiger partial charge in [-0.15, -0.1) is 10.2 Å². The molecule has 0 unspecified atom stereocenters. The van der Waals surface area contributed by atoms with E-state index < -0.39 is 0 Å². The average molecular weight is 512 g/mol. The minimum atomic E-state index is -0.347. The lowest BCUT2D eigenvalue weighted by atomic mass is 10.0. The zero-order chi connectivity index (χ0) is 22.1. The second-order valence-electron chi connectivity index (χ2n) is 7.92. The lowest BCUT2D eigenvalue weighted by Crippen LogP contribution is -2.09. The molecule has 0 N–H and O–H groups in total. The molecule has 164 valence electrons. The van der Waals surface area contributed by atoms with Crippen molar-refractivity contribution in [1.82, 2.24) is 19.7 Å². The van der Waals surface area contributed by atoms with Crippen LogP contribution in [-0.2, 0) is 9.53 Å². The third-order valence-electron chi connectivity index (χ3n) is 5.60. The van der Waals surface area contributed by atoms with E-state index in [1.165, 1.54) is 20.0 Å². The number of nitrogens with zero attached hydrogens (tertiary/aromatic N) is 5. The number of pyridine rings is 1. The number of rotatable bonds is 7. The van der Waals surface area contributed by atoms with Gasteiger partial charge in [-0.3, -0.25) is 19.3 Å². The number of aliphatic imine (C=N–C) groups is 1. The van der Waals surface area contributed by atoms with Crippen LogP contribution in [0.3, 0.4) is 0 Å². The van der Waals surface area contributed by atoms with Gasteiger partial charge >= 0.3 is 5.97 Å². The Morgan fingerprint density at radius 1 is 1.25 bits per heavy atom. The zero-order valence-corrected chi connectivity index (χ0v) is 20.0. The highest BCUT2D eigenvalue weighted by atomic mass is 79.9. The Labute approximate surface area is 198 Å². The SMILES string of the molecule is COC(=O)CC[C@@H]1N=C(c2ccccn2)c2cc(Br)ccc2-n2c(SCC3CC3)nnc21. The van der Waals surface area contributed by atoms with Crippen molar-refractivity contribution in [3.63, 3.8) is 0 Å². The zero-order valence-electron chi connectivity index (χ0n) is 17.6. The van der Waals surface area contributed by atoms with Gasteiger partial charge in [0.15, 0.2) is 11.0 Å². The van der Waals surface area contributed by atoms with Gasteiger partial charge in [-0.05, 0) is 55.5 Å². The maximum Gasteiger partial charge on any atom is 0.305 e. The quantitative estimate of drug-likeness (QED) is 0.335. The van der Waals surface area contributed by atoms with Crippen molar-refractivity contribution in [2.45, 2.75) is 36.9 Å². The standard InChI is InChI=1S/C23H22BrN5O2S/c1-31-20(30)10-8-18-22-27-28-23(32-13-14-5-6-14)29(22)19-9-7-15(24)12-16(19)21(26-18)17-4-2-3-11-25-17/h2-4,7,9,11-12,14,18H,5-6,8,10,13H2,1H3/t18-/m0/s1. The molecular weight excluding hydrogens is 490 g/mol. The van der Waals surface area contributed by atoms with Crippen molar-refractivity contribution in [1.29, 1.82) is 0 Å². The highest BCUT2D eigenvalue weighted by Gasteiger charge is 2.31. The second kappa shape index (κ2) is 9.15. The molecule has 1 saturated carbocycles. The fourth-order valence-corrected chi connectivity index (χ4v) is 5.23. The largest absolute Gasteiger partial charge is 0.469 e. The van der Waals surface area contributed by atoms with Crippen LogP contribution in [0, 0.1) is 5.92 Å². The number of fused-ring (bicyclic) bond motifs is 3. The molecule has 0 bridgehead atoms. The van der Waals surface area contributed by atoms with Crippen LogP contribution in [0.25, 0.3) is 5.69 Å². The van der Waals surface area contributed by atoms with Crippen LogP contribution in [-0.4, -0.2) is 44.3 Å². The molecule has 3 aromatic rings. The van der Waals surface area contributed by atoms with Crippen molar-refractivity contribution in [3.05, 3.63) is 64.1 Å². The predicted molar refractivity (Wildman–Crippen MR) is 126 cm³/mol. The van der Waals surface area contributed by atoms with E-state index in [1.807, 2.05) is 24.3 Å². The summed E-state index contributed by atoms with van der Waals surface area (Å²) in [6.45, 7) is 0. The number of aromatic nitrogens is 4. The van der Waals surface area contributed by atoms with E-state index >= 15 is 0 Å². The molecular formula is C23H22BrN5O2S. The molecule has 32 heavy (non-hydrogen) atoms. The number of hydrogen-bond acceptors (Lipinski definition) is 7. The molecule has 1 fully saturated rings. The number of carbonyl (C=O) groups is 1. The van der Waals surface area contributed by atoms with Gasteiger partial charge in [-0.1, -0.05) is 33.8 Å². The molecule has 1 atom stereocenters. The summed E-state index contributed by atoms with van der Waals surface area (Å²) in [4.78, 5) is 21.6. The summed E-state index contributed by atoms with van der Waals surface area (Å²) in [5.41, 5.74) is 3.48. The van der Waals surface area contributed by atoms with Gasteiger partial charge in [-0.25, -0.2) is 0 Å². The summed E-state index contributed by atoms with van der Waals surface area (Å²) >= 11 is 5.35. The number of halogens is 1. The van der Waals surface area contributed by atoms with Crippen LogP contribution >= 0.6 is 27.7 Å². The van der Waals surface area contributed by atoms with Crippen molar-refractivity contribution in [2.24, 2.45) is 10.9 Å². The molecule has 0 spiro atoms. The minimum absolute atomic E-state index is 0.248. The first-order valence-electron chi connectivity index (χ1n) is 10.6. The van der Waals surface area contributed by atoms with Gasteiger partial charge in [0, 0.05) is 28.4 Å². The first-order valence-corrected chi connectivity index (χ1v) is 12.4. The van der Waals surface area contributed by atoms with Crippen molar-refractivity contribution < 1.29 is 9.53 Å². The van der Waals surface area contributed by atoms with Crippen LogP contribution in [0.15, 0.2) is 57.2 Å². The summed E-state index contributed by atoms with van der Waals surface area (Å²) in [6, 6.07) is 11.6. The third-order valence-corrected chi connectivity index (χ3v) is 7.25. The molecule has 1 aliphatic heterocycles. The fourth-order valence-electron chi connectivity index (χ4n) is 3.73. The van der Waals surface area contributed by atoms with E-state index in [1.54, 1.807) is 18.0 Å². The maximum atomic E-state index is 11.9. The molecule has 0 amide bonds. The first kappa shape index (κ1) is 21.3. The predicted octanol–water partition coefficient (Wildman–Crippen LogP) is 4.77.